The molecule has 9 heteroatoms. The van der Waals surface area contributed by atoms with E-state index >= 15 is 0 Å². The summed E-state index contributed by atoms with van der Waals surface area (Å²) in [5, 5.41) is 8.56. The normalized spacial score (nSPS) is 11.9. The van der Waals surface area contributed by atoms with Crippen LogP contribution in [0.2, 0.25) is 0 Å². The van der Waals surface area contributed by atoms with E-state index in [1.54, 1.807) is 60.1 Å². The van der Waals surface area contributed by atoms with E-state index in [1.165, 1.54) is 4.31 Å². The number of anilines is 1. The Labute approximate surface area is 172 Å². The molecule has 0 aliphatic carbocycles. The average molecular weight is 419 g/mol. The largest absolute Gasteiger partial charge is 0.461 e. The molecule has 3 aromatic heterocycles. The van der Waals surface area contributed by atoms with Gasteiger partial charge >= 0.3 is 0 Å². The van der Waals surface area contributed by atoms with Gasteiger partial charge in [-0.2, -0.15) is 0 Å². The SMILES string of the molecule is CCN(c1nc2ccccc2n2c(-c3ccco3)nnc12)S(=O)(=O)c1ccccc1. The summed E-state index contributed by atoms with van der Waals surface area (Å²) in [6, 6.07) is 19.3. The molecule has 0 N–H and O–H groups in total. The van der Waals surface area contributed by atoms with Gasteiger partial charge in [-0.3, -0.25) is 4.40 Å². The lowest BCUT2D eigenvalue weighted by Crippen LogP contribution is -2.32. The van der Waals surface area contributed by atoms with Gasteiger partial charge in [0.05, 0.1) is 22.2 Å². The molecule has 2 aromatic carbocycles. The lowest BCUT2D eigenvalue weighted by Gasteiger charge is -2.22. The zero-order valence-corrected chi connectivity index (χ0v) is 16.8. The Morgan fingerprint density at radius 3 is 2.47 bits per heavy atom. The van der Waals surface area contributed by atoms with Crippen molar-refractivity contribution in [2.24, 2.45) is 0 Å². The molecule has 150 valence electrons. The number of hydrogen-bond donors (Lipinski definition) is 0. The first-order valence-corrected chi connectivity index (χ1v) is 10.8. The van der Waals surface area contributed by atoms with E-state index in [-0.39, 0.29) is 17.3 Å². The van der Waals surface area contributed by atoms with E-state index in [2.05, 4.69) is 15.2 Å². The molecule has 0 aliphatic heterocycles. The van der Waals surface area contributed by atoms with Gasteiger partial charge in [0.25, 0.3) is 10.0 Å². The van der Waals surface area contributed by atoms with E-state index in [4.69, 9.17) is 4.42 Å². The van der Waals surface area contributed by atoms with Gasteiger partial charge in [0.2, 0.25) is 11.5 Å². The Hall–Kier alpha value is -3.72. The maximum absolute atomic E-state index is 13.4. The Bertz CT molecular complexity index is 1440. The summed E-state index contributed by atoms with van der Waals surface area (Å²) < 4.78 is 35.3. The number of para-hydroxylation sites is 2. The monoisotopic (exact) mass is 419 g/mol. The van der Waals surface area contributed by atoms with Crippen LogP contribution in [0.1, 0.15) is 6.92 Å². The molecule has 30 heavy (non-hydrogen) atoms. The number of hydrogen-bond acceptors (Lipinski definition) is 6. The Balaban J connectivity index is 1.82. The zero-order valence-electron chi connectivity index (χ0n) is 16.0. The van der Waals surface area contributed by atoms with Gasteiger partial charge in [0, 0.05) is 6.54 Å². The number of rotatable bonds is 5. The number of aromatic nitrogens is 4. The highest BCUT2D eigenvalue weighted by Crippen LogP contribution is 2.31. The van der Waals surface area contributed by atoms with Crippen LogP contribution in [0.4, 0.5) is 5.82 Å². The second kappa shape index (κ2) is 6.96. The molecule has 0 fully saturated rings. The van der Waals surface area contributed by atoms with Crippen molar-refractivity contribution in [2.45, 2.75) is 11.8 Å². The van der Waals surface area contributed by atoms with Crippen LogP contribution in [-0.4, -0.2) is 34.5 Å². The third-order valence-corrected chi connectivity index (χ3v) is 6.69. The Morgan fingerprint density at radius 2 is 1.73 bits per heavy atom. The number of fused-ring (bicyclic) bond motifs is 3. The average Bonchev–Trinajstić information content (AvgIpc) is 3.45. The fraction of sp³-hybridized carbons (Fsp3) is 0.0952. The van der Waals surface area contributed by atoms with Crippen molar-refractivity contribution < 1.29 is 12.8 Å². The van der Waals surface area contributed by atoms with Crippen LogP contribution in [0, 0.1) is 0 Å². The van der Waals surface area contributed by atoms with Crippen molar-refractivity contribution in [1.82, 2.24) is 19.6 Å². The van der Waals surface area contributed by atoms with Gasteiger partial charge in [-0.25, -0.2) is 17.7 Å². The van der Waals surface area contributed by atoms with Gasteiger partial charge < -0.3 is 4.42 Å². The molecule has 0 saturated heterocycles. The highest BCUT2D eigenvalue weighted by atomic mass is 32.2. The lowest BCUT2D eigenvalue weighted by molar-refractivity contribution is 0.576. The molecule has 0 amide bonds. The lowest BCUT2D eigenvalue weighted by atomic mass is 10.3. The molecule has 0 unspecified atom stereocenters. The molecule has 8 nitrogen and oxygen atoms in total. The molecule has 0 atom stereocenters. The van der Waals surface area contributed by atoms with Crippen LogP contribution in [0.25, 0.3) is 28.3 Å². The number of nitrogens with zero attached hydrogens (tertiary/aromatic N) is 5. The molecule has 0 radical (unpaired) electrons. The first kappa shape index (κ1) is 18.3. The van der Waals surface area contributed by atoms with Crippen molar-refractivity contribution >= 4 is 32.5 Å². The maximum Gasteiger partial charge on any atom is 0.265 e. The van der Waals surface area contributed by atoms with Gasteiger partial charge in [0.15, 0.2) is 11.6 Å². The second-order valence-electron chi connectivity index (χ2n) is 6.57. The topological polar surface area (TPSA) is 93.6 Å². The summed E-state index contributed by atoms with van der Waals surface area (Å²) in [5.74, 6) is 1.21. The molecule has 5 rings (SSSR count). The summed E-state index contributed by atoms with van der Waals surface area (Å²) in [7, 11) is -3.84. The predicted molar refractivity (Wildman–Crippen MR) is 113 cm³/mol. The number of furan rings is 1. The smallest absolute Gasteiger partial charge is 0.265 e. The summed E-state index contributed by atoms with van der Waals surface area (Å²) >= 11 is 0. The van der Waals surface area contributed by atoms with Gasteiger partial charge in [-0.1, -0.05) is 30.3 Å². The van der Waals surface area contributed by atoms with Crippen molar-refractivity contribution in [2.75, 3.05) is 10.8 Å². The van der Waals surface area contributed by atoms with Gasteiger partial charge in [0.1, 0.15) is 0 Å². The van der Waals surface area contributed by atoms with Crippen molar-refractivity contribution in [3.8, 4) is 11.6 Å². The van der Waals surface area contributed by atoms with Crippen LogP contribution in [0.3, 0.4) is 0 Å². The van der Waals surface area contributed by atoms with E-state index in [9.17, 15) is 8.42 Å². The third kappa shape index (κ3) is 2.74. The van der Waals surface area contributed by atoms with Crippen LogP contribution >= 0.6 is 0 Å². The predicted octanol–water partition coefficient (Wildman–Crippen LogP) is 3.75. The first-order chi connectivity index (χ1) is 14.6. The van der Waals surface area contributed by atoms with Crippen LogP contribution in [0.15, 0.2) is 82.3 Å². The van der Waals surface area contributed by atoms with E-state index in [0.717, 1.165) is 5.52 Å². The molecule has 3 heterocycles. The number of sulfonamides is 1. The molecular weight excluding hydrogens is 402 g/mol. The van der Waals surface area contributed by atoms with E-state index < -0.39 is 10.0 Å². The highest BCUT2D eigenvalue weighted by Gasteiger charge is 2.29. The summed E-state index contributed by atoms with van der Waals surface area (Å²) in [5.41, 5.74) is 1.71. The molecule has 0 saturated carbocycles. The molecule has 5 aromatic rings. The van der Waals surface area contributed by atoms with E-state index in [0.29, 0.717) is 22.7 Å². The van der Waals surface area contributed by atoms with E-state index in [1.807, 2.05) is 24.3 Å². The minimum atomic E-state index is -3.84. The van der Waals surface area contributed by atoms with Crippen molar-refractivity contribution in [3.63, 3.8) is 0 Å². The first-order valence-electron chi connectivity index (χ1n) is 9.37. The van der Waals surface area contributed by atoms with Crippen molar-refractivity contribution in [1.29, 1.82) is 0 Å². The fourth-order valence-corrected chi connectivity index (χ4v) is 4.90. The second-order valence-corrected chi connectivity index (χ2v) is 8.43. The number of benzene rings is 2. The Kier molecular flexibility index (Phi) is 4.25. The molecule has 0 spiro atoms. The zero-order chi connectivity index (χ0) is 20.7. The van der Waals surface area contributed by atoms with Gasteiger partial charge in [-0.05, 0) is 43.3 Å². The minimum absolute atomic E-state index is 0.182. The quantitative estimate of drug-likeness (QED) is 0.431. The van der Waals surface area contributed by atoms with Crippen LogP contribution in [0.5, 0.6) is 0 Å². The highest BCUT2D eigenvalue weighted by molar-refractivity contribution is 7.92. The Morgan fingerprint density at radius 1 is 0.967 bits per heavy atom. The van der Waals surface area contributed by atoms with Crippen molar-refractivity contribution in [3.05, 3.63) is 73.0 Å². The standard InChI is InChI=1S/C21H17N5O3S/c1-2-25(30(27,28)15-9-4-3-5-10-15)20-21-24-23-19(18-13-8-14-29-18)26(21)17-12-7-6-11-16(17)22-20/h3-14H,2H2,1H3. The maximum atomic E-state index is 13.4. The molecule has 0 aliphatic rings. The van der Waals surface area contributed by atoms with Gasteiger partial charge in [-0.15, -0.1) is 10.2 Å². The van der Waals surface area contributed by atoms with Crippen LogP contribution in [-0.2, 0) is 10.0 Å². The summed E-state index contributed by atoms with van der Waals surface area (Å²) in [4.78, 5) is 4.84. The van der Waals surface area contributed by atoms with Crippen LogP contribution < -0.4 is 4.31 Å². The summed E-state index contributed by atoms with van der Waals surface area (Å²) in [6.07, 6.45) is 1.55. The molecule has 0 bridgehead atoms. The summed E-state index contributed by atoms with van der Waals surface area (Å²) in [6.45, 7) is 1.94. The fourth-order valence-electron chi connectivity index (χ4n) is 3.46. The minimum Gasteiger partial charge on any atom is -0.461 e. The molecular formula is C21H17N5O3S. The third-order valence-electron chi connectivity index (χ3n) is 4.81.